The van der Waals surface area contributed by atoms with Gasteiger partial charge in [-0.05, 0) is 42.0 Å². The molecule has 0 saturated heterocycles. The fourth-order valence-corrected chi connectivity index (χ4v) is 6.05. The minimum Gasteiger partial charge on any atom is -0.307 e. The van der Waals surface area contributed by atoms with Crippen molar-refractivity contribution in [2.45, 2.75) is 26.8 Å². The van der Waals surface area contributed by atoms with E-state index < -0.39 is 0 Å². The van der Waals surface area contributed by atoms with E-state index in [9.17, 15) is 9.18 Å². The first-order valence-corrected chi connectivity index (χ1v) is 12.2. The van der Waals surface area contributed by atoms with Crippen LogP contribution in [0.1, 0.15) is 5.56 Å². The predicted molar refractivity (Wildman–Crippen MR) is 132 cm³/mol. The highest BCUT2D eigenvalue weighted by Gasteiger charge is 2.36. The topological polar surface area (TPSA) is 32.3 Å². The average molecular weight is 461 g/mol. The van der Waals surface area contributed by atoms with Gasteiger partial charge in [0.1, 0.15) is 5.82 Å². The Morgan fingerprint density at radius 3 is 2.72 bits per heavy atom. The molecule has 1 aliphatic heterocycles. The number of nitrogens with one attached hydrogen (secondary N) is 1. The maximum absolute atomic E-state index is 13.9. The third-order valence-corrected chi connectivity index (χ3v) is 7.75. The Morgan fingerprint density at radius 2 is 1.81 bits per heavy atom. The monoisotopic (exact) mass is 460 g/mol. The number of benzene rings is 3. The minimum absolute atomic E-state index is 0.0430. The maximum atomic E-state index is 13.9. The van der Waals surface area contributed by atoms with Crippen molar-refractivity contribution in [1.29, 1.82) is 0 Å². The van der Waals surface area contributed by atoms with Crippen molar-refractivity contribution < 1.29 is 9.18 Å². The summed E-state index contributed by atoms with van der Waals surface area (Å²) in [6.45, 7) is 0. The number of fused-ring (bicyclic) bond motifs is 2. The number of nitrogens with zero attached hydrogens (tertiary/aromatic N) is 1. The first kappa shape index (κ1) is 20.9. The summed E-state index contributed by atoms with van der Waals surface area (Å²) in [5.74, 6) is 0.331. The molecule has 1 N–H and O–H groups in total. The fourth-order valence-electron chi connectivity index (χ4n) is 3.85. The normalized spacial score (nSPS) is 18.7. The second-order valence-corrected chi connectivity index (χ2v) is 9.79. The summed E-state index contributed by atoms with van der Waals surface area (Å²) in [4.78, 5) is 17.3. The molecule has 0 radical (unpaired) electrons. The quantitative estimate of drug-likeness (QED) is 0.421. The molecular formula is C26H21FN2OS2. The predicted octanol–water partition coefficient (Wildman–Crippen LogP) is 7.13. The summed E-state index contributed by atoms with van der Waals surface area (Å²) in [7, 11) is 0. The van der Waals surface area contributed by atoms with Gasteiger partial charge in [-0.15, -0.1) is 23.5 Å². The van der Waals surface area contributed by atoms with E-state index in [4.69, 9.17) is 0 Å². The number of carbonyl (C=O) groups is 1. The zero-order valence-corrected chi connectivity index (χ0v) is 18.8. The minimum atomic E-state index is -0.199. The Labute approximate surface area is 195 Å². The highest BCUT2D eigenvalue weighted by molar-refractivity contribution is 8.00. The summed E-state index contributed by atoms with van der Waals surface area (Å²) < 4.78 is 13.9. The number of rotatable bonds is 4. The number of urea groups is 1. The molecule has 3 aromatic rings. The van der Waals surface area contributed by atoms with Gasteiger partial charge in [0.25, 0.3) is 0 Å². The van der Waals surface area contributed by atoms with Crippen molar-refractivity contribution >= 4 is 40.9 Å². The lowest BCUT2D eigenvalue weighted by Crippen LogP contribution is -2.49. The number of halogens is 1. The average Bonchev–Trinajstić information content (AvgIpc) is 2.82. The van der Waals surface area contributed by atoms with Crippen molar-refractivity contribution in [2.24, 2.45) is 0 Å². The molecule has 2 unspecified atom stereocenters. The van der Waals surface area contributed by atoms with Crippen LogP contribution in [0.4, 0.5) is 20.6 Å². The molecule has 0 saturated carbocycles. The van der Waals surface area contributed by atoms with Gasteiger partial charge in [0.15, 0.2) is 0 Å². The SMILES string of the molecule is O=C(Nc1cccc(SCc2ccccc2F)c1)N1c2ccccc2SC2C=CC=CC21. The van der Waals surface area contributed by atoms with Gasteiger partial charge in [0.05, 0.1) is 17.0 Å². The zero-order chi connectivity index (χ0) is 21.9. The van der Waals surface area contributed by atoms with E-state index in [2.05, 4.69) is 23.5 Å². The van der Waals surface area contributed by atoms with Gasteiger partial charge in [0.2, 0.25) is 0 Å². The largest absolute Gasteiger partial charge is 0.326 e. The van der Waals surface area contributed by atoms with E-state index in [-0.39, 0.29) is 23.1 Å². The first-order chi connectivity index (χ1) is 15.7. The van der Waals surface area contributed by atoms with Crippen LogP contribution in [-0.4, -0.2) is 17.3 Å². The van der Waals surface area contributed by atoms with Gasteiger partial charge < -0.3 is 5.32 Å². The number of amides is 2. The van der Waals surface area contributed by atoms with Gasteiger partial charge in [-0.1, -0.05) is 60.7 Å². The highest BCUT2D eigenvalue weighted by Crippen LogP contribution is 2.43. The van der Waals surface area contributed by atoms with Crippen LogP contribution in [0.3, 0.4) is 0 Å². The van der Waals surface area contributed by atoms with Crippen LogP contribution in [0.15, 0.2) is 107 Å². The van der Waals surface area contributed by atoms with Crippen LogP contribution < -0.4 is 10.2 Å². The lowest BCUT2D eigenvalue weighted by molar-refractivity contribution is 0.255. The van der Waals surface area contributed by atoms with Gasteiger partial charge in [-0.3, -0.25) is 4.90 Å². The van der Waals surface area contributed by atoms with E-state index >= 15 is 0 Å². The van der Waals surface area contributed by atoms with Gasteiger partial charge >= 0.3 is 6.03 Å². The fraction of sp³-hybridized carbons (Fsp3) is 0.115. The van der Waals surface area contributed by atoms with E-state index in [1.165, 1.54) is 6.07 Å². The number of thioether (sulfide) groups is 2. The Hall–Kier alpha value is -2.96. The highest BCUT2D eigenvalue weighted by atomic mass is 32.2. The molecule has 0 fully saturated rings. The molecule has 5 rings (SSSR count). The molecule has 0 bridgehead atoms. The summed E-state index contributed by atoms with van der Waals surface area (Å²) in [5.41, 5.74) is 2.30. The van der Waals surface area contributed by atoms with E-state index in [0.29, 0.717) is 11.3 Å². The molecule has 1 heterocycles. The molecule has 2 aliphatic rings. The summed E-state index contributed by atoms with van der Waals surface area (Å²) in [5, 5.41) is 3.25. The number of anilines is 2. The number of hydrogen-bond donors (Lipinski definition) is 1. The zero-order valence-electron chi connectivity index (χ0n) is 17.1. The molecule has 3 nitrogen and oxygen atoms in total. The Balaban J connectivity index is 1.34. The van der Waals surface area contributed by atoms with E-state index in [0.717, 1.165) is 21.2 Å². The number of para-hydroxylation sites is 1. The van der Waals surface area contributed by atoms with Crippen LogP contribution in [0.25, 0.3) is 0 Å². The molecule has 1 aliphatic carbocycles. The van der Waals surface area contributed by atoms with Crippen molar-refractivity contribution in [3.8, 4) is 0 Å². The third kappa shape index (κ3) is 4.33. The Morgan fingerprint density at radius 1 is 1.00 bits per heavy atom. The van der Waals surface area contributed by atoms with Crippen molar-refractivity contribution in [3.05, 3.63) is 108 Å². The van der Waals surface area contributed by atoms with Gasteiger partial charge in [0, 0.05) is 21.2 Å². The first-order valence-electron chi connectivity index (χ1n) is 10.4. The molecule has 32 heavy (non-hydrogen) atoms. The second kappa shape index (κ2) is 9.27. The molecule has 6 heteroatoms. The summed E-state index contributed by atoms with van der Waals surface area (Å²) in [6, 6.07) is 22.3. The van der Waals surface area contributed by atoms with Crippen LogP contribution >= 0.6 is 23.5 Å². The van der Waals surface area contributed by atoms with Crippen LogP contribution in [0.5, 0.6) is 0 Å². The summed E-state index contributed by atoms with van der Waals surface area (Å²) >= 11 is 3.33. The second-order valence-electron chi connectivity index (χ2n) is 7.52. The standard InChI is InChI=1S/C26H21FN2OS2/c27-21-11-2-1-8-18(21)17-31-20-10-7-9-19(16-20)28-26(30)29-22-12-3-5-14-24(22)32-25-15-6-4-13-23(25)29/h1-16,22,24H,17H2,(H,28,30). The van der Waals surface area contributed by atoms with Crippen LogP contribution in [0, 0.1) is 5.82 Å². The van der Waals surface area contributed by atoms with Crippen molar-refractivity contribution in [2.75, 3.05) is 10.2 Å². The molecule has 2 atom stereocenters. The van der Waals surface area contributed by atoms with E-state index in [1.807, 2.05) is 65.6 Å². The lowest BCUT2D eigenvalue weighted by atomic mass is 10.1. The van der Waals surface area contributed by atoms with E-state index in [1.54, 1.807) is 35.7 Å². The summed E-state index contributed by atoms with van der Waals surface area (Å²) in [6.07, 6.45) is 8.25. The Kier molecular flexibility index (Phi) is 6.06. The van der Waals surface area contributed by atoms with Crippen LogP contribution in [-0.2, 0) is 5.75 Å². The third-order valence-electron chi connectivity index (χ3n) is 5.40. The number of carbonyl (C=O) groups excluding carboxylic acids is 1. The van der Waals surface area contributed by atoms with Gasteiger partial charge in [-0.2, -0.15) is 0 Å². The molecule has 3 aromatic carbocycles. The Bertz CT molecular complexity index is 1210. The molecule has 0 aromatic heterocycles. The lowest BCUT2D eigenvalue weighted by Gasteiger charge is -2.40. The number of allylic oxidation sites excluding steroid dienone is 2. The smallest absolute Gasteiger partial charge is 0.307 e. The van der Waals surface area contributed by atoms with Crippen LogP contribution in [0.2, 0.25) is 0 Å². The van der Waals surface area contributed by atoms with Crippen molar-refractivity contribution in [1.82, 2.24) is 0 Å². The molecule has 0 spiro atoms. The van der Waals surface area contributed by atoms with Gasteiger partial charge in [-0.25, -0.2) is 9.18 Å². The molecular weight excluding hydrogens is 439 g/mol. The molecule has 160 valence electrons. The molecule has 2 amide bonds. The number of hydrogen-bond acceptors (Lipinski definition) is 3. The maximum Gasteiger partial charge on any atom is 0.326 e. The van der Waals surface area contributed by atoms with Crippen molar-refractivity contribution in [3.63, 3.8) is 0 Å².